The number of morpholine rings is 1. The van der Waals surface area contributed by atoms with E-state index in [4.69, 9.17) is 4.74 Å². The third kappa shape index (κ3) is 3.26. The summed E-state index contributed by atoms with van der Waals surface area (Å²) >= 11 is 0. The number of amides is 1. The van der Waals surface area contributed by atoms with Crippen LogP contribution in [-0.4, -0.2) is 53.8 Å². The topological polar surface area (TPSA) is 61.8 Å². The highest BCUT2D eigenvalue weighted by Gasteiger charge is 2.38. The van der Waals surface area contributed by atoms with E-state index in [0.29, 0.717) is 12.6 Å². The number of fused-ring (bicyclic) bond motifs is 1. The minimum Gasteiger partial charge on any atom is -0.384 e. The van der Waals surface area contributed by atoms with Crippen LogP contribution in [0.25, 0.3) is 0 Å². The zero-order valence-corrected chi connectivity index (χ0v) is 12.2. The Labute approximate surface area is 124 Å². The first kappa shape index (κ1) is 14.5. The van der Waals surface area contributed by atoms with Crippen LogP contribution in [-0.2, 0) is 9.53 Å². The molecule has 0 radical (unpaired) electrons. The van der Waals surface area contributed by atoms with E-state index in [9.17, 15) is 9.90 Å². The lowest BCUT2D eigenvalue weighted by atomic mass is 10.1. The van der Waals surface area contributed by atoms with Gasteiger partial charge in [0.2, 0.25) is 5.91 Å². The molecule has 2 aliphatic rings. The number of benzene rings is 1. The molecule has 0 bridgehead atoms. The fraction of sp³-hybridized carbons (Fsp3) is 0.562. The van der Waals surface area contributed by atoms with Gasteiger partial charge in [0.25, 0.3) is 0 Å². The fourth-order valence-corrected chi connectivity index (χ4v) is 3.17. The highest BCUT2D eigenvalue weighted by molar-refractivity contribution is 5.80. The summed E-state index contributed by atoms with van der Waals surface area (Å²) in [6.07, 6.45) is 0.0459. The minimum absolute atomic E-state index is 0.105. The molecular weight excluding hydrogens is 268 g/mol. The molecule has 0 aromatic heterocycles. The molecule has 3 rings (SSSR count). The zero-order chi connectivity index (χ0) is 14.8. The second kappa shape index (κ2) is 6.13. The molecule has 0 aliphatic carbocycles. The molecule has 2 saturated heterocycles. The Kier molecular flexibility index (Phi) is 4.24. The van der Waals surface area contributed by atoms with E-state index in [1.165, 1.54) is 12.5 Å². The van der Waals surface area contributed by atoms with Crippen molar-refractivity contribution in [3.63, 3.8) is 0 Å². The Morgan fingerprint density at radius 3 is 2.86 bits per heavy atom. The number of nitrogens with one attached hydrogen (secondary N) is 1. The van der Waals surface area contributed by atoms with Gasteiger partial charge in [-0.1, -0.05) is 30.3 Å². The molecule has 2 aliphatic heterocycles. The molecule has 2 heterocycles. The van der Waals surface area contributed by atoms with Crippen molar-refractivity contribution in [1.82, 2.24) is 10.2 Å². The number of carbonyl (C=O) groups excluding carboxylic acids is 1. The van der Waals surface area contributed by atoms with Gasteiger partial charge in [0.15, 0.2) is 0 Å². The molecule has 2 fully saturated rings. The standard InChI is InChI=1S/C16H22N2O3/c1-11(19)16(20)17-13-7-14-10-21-15(9-18(14)8-13)12-5-3-2-4-6-12/h2-6,11,13-15,19H,7-10H2,1H3,(H,17,20)/t11-,13+,14-,15+/m0/s1. The highest BCUT2D eigenvalue weighted by Crippen LogP contribution is 2.30. The van der Waals surface area contributed by atoms with Crippen molar-refractivity contribution in [2.45, 2.75) is 37.6 Å². The molecule has 114 valence electrons. The summed E-state index contributed by atoms with van der Waals surface area (Å²) in [6, 6.07) is 10.7. The van der Waals surface area contributed by atoms with Crippen molar-refractivity contribution < 1.29 is 14.6 Å². The molecule has 0 spiro atoms. The van der Waals surface area contributed by atoms with E-state index in [1.807, 2.05) is 18.2 Å². The van der Waals surface area contributed by atoms with E-state index in [0.717, 1.165) is 19.5 Å². The summed E-state index contributed by atoms with van der Waals surface area (Å²) in [5, 5.41) is 12.2. The number of hydrogen-bond acceptors (Lipinski definition) is 4. The van der Waals surface area contributed by atoms with Crippen LogP contribution in [0.3, 0.4) is 0 Å². The van der Waals surface area contributed by atoms with Gasteiger partial charge in [-0.15, -0.1) is 0 Å². The quantitative estimate of drug-likeness (QED) is 0.860. The Morgan fingerprint density at radius 2 is 2.14 bits per heavy atom. The van der Waals surface area contributed by atoms with Crippen molar-refractivity contribution >= 4 is 5.91 Å². The summed E-state index contributed by atoms with van der Waals surface area (Å²) in [6.45, 7) is 3.87. The van der Waals surface area contributed by atoms with E-state index in [2.05, 4.69) is 22.3 Å². The molecule has 0 saturated carbocycles. The highest BCUT2D eigenvalue weighted by atomic mass is 16.5. The van der Waals surface area contributed by atoms with Gasteiger partial charge in [0, 0.05) is 25.2 Å². The van der Waals surface area contributed by atoms with Crippen LogP contribution in [0.1, 0.15) is 25.0 Å². The average molecular weight is 290 g/mol. The maximum Gasteiger partial charge on any atom is 0.248 e. The minimum atomic E-state index is -0.948. The summed E-state index contributed by atoms with van der Waals surface area (Å²) in [7, 11) is 0. The zero-order valence-electron chi connectivity index (χ0n) is 12.2. The summed E-state index contributed by atoms with van der Waals surface area (Å²) in [5.74, 6) is -0.291. The first-order valence-electron chi connectivity index (χ1n) is 7.52. The second-order valence-electron chi connectivity index (χ2n) is 5.96. The van der Waals surface area contributed by atoms with Gasteiger partial charge in [0.1, 0.15) is 6.10 Å². The van der Waals surface area contributed by atoms with Gasteiger partial charge >= 0.3 is 0 Å². The Hall–Kier alpha value is -1.43. The summed E-state index contributed by atoms with van der Waals surface area (Å²) in [4.78, 5) is 14.0. The first-order chi connectivity index (χ1) is 10.1. The lowest BCUT2D eigenvalue weighted by Crippen LogP contribution is -2.43. The smallest absolute Gasteiger partial charge is 0.248 e. The third-order valence-electron chi connectivity index (χ3n) is 4.32. The predicted octanol–water partition coefficient (Wildman–Crippen LogP) is 0.698. The Bertz CT molecular complexity index is 492. The van der Waals surface area contributed by atoms with Gasteiger partial charge in [-0.3, -0.25) is 9.69 Å². The normalized spacial score (nSPS) is 30.7. The number of aliphatic hydroxyl groups is 1. The predicted molar refractivity (Wildman–Crippen MR) is 78.7 cm³/mol. The Balaban J connectivity index is 1.59. The molecule has 21 heavy (non-hydrogen) atoms. The average Bonchev–Trinajstić information content (AvgIpc) is 2.89. The van der Waals surface area contributed by atoms with Crippen molar-refractivity contribution in [1.29, 1.82) is 0 Å². The molecule has 2 N–H and O–H groups in total. The van der Waals surface area contributed by atoms with Crippen LogP contribution in [0.4, 0.5) is 0 Å². The van der Waals surface area contributed by atoms with Crippen LogP contribution in [0, 0.1) is 0 Å². The van der Waals surface area contributed by atoms with Gasteiger partial charge in [0.05, 0.1) is 12.7 Å². The molecule has 5 nitrogen and oxygen atoms in total. The third-order valence-corrected chi connectivity index (χ3v) is 4.32. The van der Waals surface area contributed by atoms with Crippen LogP contribution < -0.4 is 5.32 Å². The largest absolute Gasteiger partial charge is 0.384 e. The van der Waals surface area contributed by atoms with Crippen molar-refractivity contribution in [2.24, 2.45) is 0 Å². The van der Waals surface area contributed by atoms with Gasteiger partial charge < -0.3 is 15.2 Å². The second-order valence-corrected chi connectivity index (χ2v) is 5.96. The van der Waals surface area contributed by atoms with E-state index >= 15 is 0 Å². The molecule has 1 aromatic carbocycles. The molecule has 5 heteroatoms. The molecule has 0 unspecified atom stereocenters. The van der Waals surface area contributed by atoms with Crippen LogP contribution >= 0.6 is 0 Å². The number of nitrogens with zero attached hydrogens (tertiary/aromatic N) is 1. The van der Waals surface area contributed by atoms with Gasteiger partial charge in [-0.25, -0.2) is 0 Å². The van der Waals surface area contributed by atoms with Crippen molar-refractivity contribution in [2.75, 3.05) is 19.7 Å². The van der Waals surface area contributed by atoms with E-state index < -0.39 is 6.10 Å². The lowest BCUT2D eigenvalue weighted by molar-refractivity contribution is -0.129. The SMILES string of the molecule is C[C@H](O)C(=O)N[C@@H]1C[C@H]2CO[C@@H](c3ccccc3)CN2C1. The fourth-order valence-electron chi connectivity index (χ4n) is 3.17. The van der Waals surface area contributed by atoms with E-state index in [-0.39, 0.29) is 18.1 Å². The maximum atomic E-state index is 11.6. The van der Waals surface area contributed by atoms with Crippen molar-refractivity contribution in [3.8, 4) is 0 Å². The summed E-state index contributed by atoms with van der Waals surface area (Å²) in [5.41, 5.74) is 1.20. The maximum absolute atomic E-state index is 11.6. The van der Waals surface area contributed by atoms with Crippen LogP contribution in [0.15, 0.2) is 30.3 Å². The lowest BCUT2D eigenvalue weighted by Gasteiger charge is -2.35. The number of hydrogen-bond donors (Lipinski definition) is 2. The van der Waals surface area contributed by atoms with Gasteiger partial charge in [-0.2, -0.15) is 0 Å². The number of ether oxygens (including phenoxy) is 1. The van der Waals surface area contributed by atoms with E-state index in [1.54, 1.807) is 0 Å². The van der Waals surface area contributed by atoms with Crippen LogP contribution in [0.2, 0.25) is 0 Å². The van der Waals surface area contributed by atoms with Crippen molar-refractivity contribution in [3.05, 3.63) is 35.9 Å². The molecular formula is C16H22N2O3. The number of carbonyl (C=O) groups is 1. The molecule has 1 amide bonds. The number of rotatable bonds is 3. The summed E-state index contributed by atoms with van der Waals surface area (Å²) < 4.78 is 5.97. The van der Waals surface area contributed by atoms with Gasteiger partial charge in [-0.05, 0) is 18.9 Å². The Morgan fingerprint density at radius 1 is 1.38 bits per heavy atom. The molecule has 4 atom stereocenters. The first-order valence-corrected chi connectivity index (χ1v) is 7.52. The molecule has 1 aromatic rings. The monoisotopic (exact) mass is 290 g/mol. The number of aliphatic hydroxyl groups excluding tert-OH is 1. The van der Waals surface area contributed by atoms with Crippen LogP contribution in [0.5, 0.6) is 0 Å².